The van der Waals surface area contributed by atoms with Crippen molar-refractivity contribution in [1.29, 1.82) is 0 Å². The van der Waals surface area contributed by atoms with E-state index in [2.05, 4.69) is 15.1 Å². The van der Waals surface area contributed by atoms with E-state index in [0.29, 0.717) is 19.6 Å². The van der Waals surface area contributed by atoms with E-state index in [1.54, 1.807) is 0 Å². The van der Waals surface area contributed by atoms with Crippen molar-refractivity contribution in [3.8, 4) is 0 Å². The molecule has 0 aromatic heterocycles. The van der Waals surface area contributed by atoms with Crippen molar-refractivity contribution in [1.82, 2.24) is 14.7 Å². The van der Waals surface area contributed by atoms with E-state index in [1.165, 1.54) is 4.90 Å². The average Bonchev–Trinajstić information content (AvgIpc) is 3.27. The van der Waals surface area contributed by atoms with Crippen molar-refractivity contribution in [3.63, 3.8) is 0 Å². The Morgan fingerprint density at radius 3 is 2.40 bits per heavy atom. The number of imide groups is 1. The molecule has 3 fully saturated rings. The van der Waals surface area contributed by atoms with E-state index >= 15 is 0 Å². The first-order chi connectivity index (χ1) is 14.4. The highest BCUT2D eigenvalue weighted by molar-refractivity contribution is 6.06. The number of nitrogens with one attached hydrogen (secondary N) is 1. The van der Waals surface area contributed by atoms with Crippen LogP contribution in [0.5, 0.6) is 0 Å². The molecule has 7 heteroatoms. The minimum Gasteiger partial charge on any atom is -0.325 e. The highest BCUT2D eigenvalue weighted by Crippen LogP contribution is 2.46. The number of benzene rings is 1. The lowest BCUT2D eigenvalue weighted by molar-refractivity contribution is -0.144. The predicted molar refractivity (Wildman–Crippen MR) is 115 cm³/mol. The largest absolute Gasteiger partial charge is 0.325 e. The van der Waals surface area contributed by atoms with Gasteiger partial charge in [0.25, 0.3) is 0 Å². The van der Waals surface area contributed by atoms with Crippen molar-refractivity contribution in [3.05, 3.63) is 29.3 Å². The molecule has 3 aliphatic rings. The fourth-order valence-corrected chi connectivity index (χ4v) is 5.01. The van der Waals surface area contributed by atoms with Gasteiger partial charge in [0.2, 0.25) is 17.7 Å². The molecule has 0 bridgehead atoms. The molecule has 4 rings (SSSR count). The summed E-state index contributed by atoms with van der Waals surface area (Å²) in [4.78, 5) is 43.6. The lowest BCUT2D eigenvalue weighted by atomic mass is 9.85. The standard InChI is InChI=1S/C23H32N4O3/c1-17-6-5-7-19(18(17)2)24-20(28)15-25-10-12-26(13-11-25)16-27-21(29)14-23(22(27)30)8-3-4-9-23/h5-7H,3-4,8-16H2,1-2H3,(H,24,28). The average molecular weight is 413 g/mol. The molecule has 7 nitrogen and oxygen atoms in total. The molecule has 1 N–H and O–H groups in total. The molecule has 30 heavy (non-hydrogen) atoms. The Kier molecular flexibility index (Phi) is 5.93. The van der Waals surface area contributed by atoms with Crippen molar-refractivity contribution in [2.75, 3.05) is 44.7 Å². The second-order valence-electron chi connectivity index (χ2n) is 9.12. The third-order valence-corrected chi connectivity index (χ3v) is 7.10. The Labute approximate surface area is 178 Å². The van der Waals surface area contributed by atoms with Gasteiger partial charge in [-0.25, -0.2) is 0 Å². The summed E-state index contributed by atoms with van der Waals surface area (Å²) in [6.45, 7) is 7.80. The van der Waals surface area contributed by atoms with Crippen LogP contribution in [0.25, 0.3) is 0 Å². The molecule has 162 valence electrons. The molecule has 0 unspecified atom stereocenters. The molecule has 1 saturated carbocycles. The van der Waals surface area contributed by atoms with Crippen molar-refractivity contribution < 1.29 is 14.4 Å². The van der Waals surface area contributed by atoms with Gasteiger partial charge in [-0.05, 0) is 43.9 Å². The molecule has 1 spiro atoms. The molecule has 0 radical (unpaired) electrons. The van der Waals surface area contributed by atoms with Gasteiger partial charge in [-0.1, -0.05) is 25.0 Å². The Bertz CT molecular complexity index is 839. The maximum Gasteiger partial charge on any atom is 0.238 e. The van der Waals surface area contributed by atoms with Gasteiger partial charge in [-0.15, -0.1) is 0 Å². The molecule has 2 saturated heterocycles. The molecule has 1 aromatic rings. The second-order valence-corrected chi connectivity index (χ2v) is 9.12. The third kappa shape index (κ3) is 4.14. The fourth-order valence-electron chi connectivity index (χ4n) is 5.01. The zero-order chi connectivity index (χ0) is 21.3. The van der Waals surface area contributed by atoms with E-state index in [0.717, 1.165) is 68.7 Å². The van der Waals surface area contributed by atoms with E-state index < -0.39 is 5.41 Å². The van der Waals surface area contributed by atoms with Gasteiger partial charge >= 0.3 is 0 Å². The van der Waals surface area contributed by atoms with Gasteiger partial charge in [0.05, 0.1) is 18.6 Å². The molecule has 0 atom stereocenters. The maximum absolute atomic E-state index is 12.9. The summed E-state index contributed by atoms with van der Waals surface area (Å²) in [6.07, 6.45) is 4.21. The number of likely N-dealkylation sites (tertiary alicyclic amines) is 1. The Balaban J connectivity index is 1.25. The summed E-state index contributed by atoms with van der Waals surface area (Å²) in [5.41, 5.74) is 2.72. The van der Waals surface area contributed by atoms with Crippen molar-refractivity contribution >= 4 is 23.4 Å². The van der Waals surface area contributed by atoms with Gasteiger partial charge in [-0.2, -0.15) is 0 Å². The van der Waals surface area contributed by atoms with E-state index in [1.807, 2.05) is 32.0 Å². The van der Waals surface area contributed by atoms with Gasteiger partial charge < -0.3 is 5.32 Å². The summed E-state index contributed by atoms with van der Waals surface area (Å²) in [6, 6.07) is 5.92. The number of aryl methyl sites for hydroxylation is 1. The van der Waals surface area contributed by atoms with Crippen LogP contribution in [0.1, 0.15) is 43.2 Å². The van der Waals surface area contributed by atoms with Crippen LogP contribution < -0.4 is 5.32 Å². The molecule has 3 amide bonds. The van der Waals surface area contributed by atoms with Crippen LogP contribution in [0.15, 0.2) is 18.2 Å². The smallest absolute Gasteiger partial charge is 0.238 e. The number of hydrogen-bond acceptors (Lipinski definition) is 5. The lowest BCUT2D eigenvalue weighted by Gasteiger charge is -2.36. The number of nitrogens with zero attached hydrogens (tertiary/aromatic N) is 3. The van der Waals surface area contributed by atoms with Crippen LogP contribution >= 0.6 is 0 Å². The Hall–Kier alpha value is -2.25. The first-order valence-electron chi connectivity index (χ1n) is 11.0. The number of rotatable bonds is 5. The number of amides is 3. The zero-order valence-corrected chi connectivity index (χ0v) is 18.1. The van der Waals surface area contributed by atoms with Gasteiger partial charge in [0.15, 0.2) is 0 Å². The number of hydrogen-bond donors (Lipinski definition) is 1. The Morgan fingerprint density at radius 1 is 1.03 bits per heavy atom. The number of piperazine rings is 1. The minimum atomic E-state index is -0.398. The second kappa shape index (κ2) is 8.47. The Morgan fingerprint density at radius 2 is 1.70 bits per heavy atom. The SMILES string of the molecule is Cc1cccc(NC(=O)CN2CCN(CN3C(=O)CC4(CCCC4)C3=O)CC2)c1C. The van der Waals surface area contributed by atoms with Crippen LogP contribution in [0.2, 0.25) is 0 Å². The van der Waals surface area contributed by atoms with Gasteiger partial charge in [0.1, 0.15) is 0 Å². The third-order valence-electron chi connectivity index (χ3n) is 7.10. The van der Waals surface area contributed by atoms with Crippen LogP contribution in [0, 0.1) is 19.3 Å². The van der Waals surface area contributed by atoms with Crippen molar-refractivity contribution in [2.24, 2.45) is 5.41 Å². The van der Waals surface area contributed by atoms with Crippen LogP contribution in [-0.2, 0) is 14.4 Å². The first kappa shape index (κ1) is 21.0. The van der Waals surface area contributed by atoms with E-state index in [4.69, 9.17) is 0 Å². The minimum absolute atomic E-state index is 0.00905. The van der Waals surface area contributed by atoms with Crippen LogP contribution in [-0.4, -0.2) is 71.8 Å². The number of anilines is 1. The summed E-state index contributed by atoms with van der Waals surface area (Å²) in [7, 11) is 0. The molecule has 2 aliphatic heterocycles. The molecular formula is C23H32N4O3. The first-order valence-corrected chi connectivity index (χ1v) is 11.0. The molecule has 2 heterocycles. The summed E-state index contributed by atoms with van der Waals surface area (Å²) in [5.74, 6) is 0.0165. The highest BCUT2D eigenvalue weighted by Gasteiger charge is 2.52. The number of carbonyl (C=O) groups excluding carboxylic acids is 3. The predicted octanol–water partition coefficient (Wildman–Crippen LogP) is 2.14. The van der Waals surface area contributed by atoms with E-state index in [9.17, 15) is 14.4 Å². The molecule has 1 aliphatic carbocycles. The summed E-state index contributed by atoms with van der Waals surface area (Å²) < 4.78 is 0. The number of carbonyl (C=O) groups is 3. The quantitative estimate of drug-likeness (QED) is 0.750. The van der Waals surface area contributed by atoms with Crippen LogP contribution in [0.4, 0.5) is 5.69 Å². The van der Waals surface area contributed by atoms with Gasteiger partial charge in [-0.3, -0.25) is 29.1 Å². The monoisotopic (exact) mass is 412 g/mol. The summed E-state index contributed by atoms with van der Waals surface area (Å²) >= 11 is 0. The highest BCUT2D eigenvalue weighted by atomic mass is 16.2. The molecular weight excluding hydrogens is 380 g/mol. The van der Waals surface area contributed by atoms with Crippen LogP contribution in [0.3, 0.4) is 0 Å². The lowest BCUT2D eigenvalue weighted by Crippen LogP contribution is -2.52. The summed E-state index contributed by atoms with van der Waals surface area (Å²) in [5, 5.41) is 3.02. The van der Waals surface area contributed by atoms with Gasteiger partial charge in [0, 0.05) is 38.3 Å². The zero-order valence-electron chi connectivity index (χ0n) is 18.1. The maximum atomic E-state index is 12.9. The van der Waals surface area contributed by atoms with Crippen molar-refractivity contribution in [2.45, 2.75) is 46.0 Å². The van der Waals surface area contributed by atoms with E-state index in [-0.39, 0.29) is 17.7 Å². The normalized spacial score (nSPS) is 22.3. The topological polar surface area (TPSA) is 73.0 Å². The molecule has 1 aromatic carbocycles. The fraction of sp³-hybridized carbons (Fsp3) is 0.609.